The number of hydrogen-bond donors (Lipinski definition) is 1. The van der Waals surface area contributed by atoms with Crippen molar-refractivity contribution in [1.29, 1.82) is 0 Å². The summed E-state index contributed by atoms with van der Waals surface area (Å²) in [6, 6.07) is 16.2. The van der Waals surface area contributed by atoms with Gasteiger partial charge in [0.25, 0.3) is 0 Å². The maximum Gasteiger partial charge on any atom is 0.337 e. The van der Waals surface area contributed by atoms with E-state index in [1.807, 2.05) is 30.3 Å². The molecule has 126 valence electrons. The number of ether oxygens (including phenoxy) is 1. The SMILES string of the molecule is COC(=O)c1ccc(C(CC(=O)c2ccccc2)SCCO)cc1. The molecule has 1 unspecified atom stereocenters. The van der Waals surface area contributed by atoms with E-state index in [1.165, 1.54) is 18.9 Å². The Bertz CT molecular complexity index is 668. The Balaban J connectivity index is 2.15. The molecule has 2 aromatic rings. The van der Waals surface area contributed by atoms with E-state index in [2.05, 4.69) is 0 Å². The molecule has 0 aliphatic heterocycles. The van der Waals surface area contributed by atoms with Crippen LogP contribution >= 0.6 is 11.8 Å². The number of aliphatic hydroxyl groups is 1. The van der Waals surface area contributed by atoms with Crippen molar-refractivity contribution in [2.75, 3.05) is 19.5 Å². The number of rotatable bonds is 8. The lowest BCUT2D eigenvalue weighted by atomic mass is 10.0. The lowest BCUT2D eigenvalue weighted by molar-refractivity contribution is 0.0600. The fraction of sp³-hybridized carbons (Fsp3) is 0.263. The summed E-state index contributed by atoms with van der Waals surface area (Å²) in [6.07, 6.45) is 0.340. The van der Waals surface area contributed by atoms with Crippen LogP contribution in [0.3, 0.4) is 0 Å². The van der Waals surface area contributed by atoms with Crippen molar-refractivity contribution in [3.63, 3.8) is 0 Å². The highest BCUT2D eigenvalue weighted by Crippen LogP contribution is 2.33. The zero-order valence-corrected chi connectivity index (χ0v) is 14.3. The molecule has 4 nitrogen and oxygen atoms in total. The molecule has 0 fully saturated rings. The minimum atomic E-state index is -0.388. The van der Waals surface area contributed by atoms with E-state index in [0.29, 0.717) is 23.3 Å². The van der Waals surface area contributed by atoms with Gasteiger partial charge in [0.2, 0.25) is 0 Å². The summed E-state index contributed by atoms with van der Waals surface area (Å²) >= 11 is 1.53. The summed E-state index contributed by atoms with van der Waals surface area (Å²) in [5, 5.41) is 9.02. The third kappa shape index (κ3) is 4.94. The van der Waals surface area contributed by atoms with Crippen molar-refractivity contribution in [3.8, 4) is 0 Å². The van der Waals surface area contributed by atoms with Gasteiger partial charge in [0, 0.05) is 23.0 Å². The number of ketones is 1. The molecule has 0 saturated carbocycles. The lowest BCUT2D eigenvalue weighted by Crippen LogP contribution is -2.07. The zero-order chi connectivity index (χ0) is 17.4. The Morgan fingerprint density at radius 1 is 1.04 bits per heavy atom. The molecule has 2 aromatic carbocycles. The van der Waals surface area contributed by atoms with Gasteiger partial charge >= 0.3 is 5.97 Å². The first kappa shape index (κ1) is 18.2. The largest absolute Gasteiger partial charge is 0.465 e. The smallest absolute Gasteiger partial charge is 0.337 e. The number of Topliss-reactive ketones (excluding diaryl/α,β-unsaturated/α-hetero) is 1. The highest BCUT2D eigenvalue weighted by molar-refractivity contribution is 7.99. The molecule has 0 spiro atoms. The van der Waals surface area contributed by atoms with Gasteiger partial charge in [0.1, 0.15) is 0 Å². The van der Waals surface area contributed by atoms with Gasteiger partial charge in [0.05, 0.1) is 19.3 Å². The molecule has 5 heteroatoms. The number of benzene rings is 2. The maximum atomic E-state index is 12.5. The first-order valence-electron chi connectivity index (χ1n) is 7.64. The maximum absolute atomic E-state index is 12.5. The van der Waals surface area contributed by atoms with Crippen molar-refractivity contribution in [1.82, 2.24) is 0 Å². The van der Waals surface area contributed by atoms with Crippen LogP contribution in [0.4, 0.5) is 0 Å². The Labute approximate surface area is 145 Å². The summed E-state index contributed by atoms with van der Waals surface area (Å²) in [5.41, 5.74) is 2.10. The lowest BCUT2D eigenvalue weighted by Gasteiger charge is -2.16. The van der Waals surface area contributed by atoms with Crippen molar-refractivity contribution < 1.29 is 19.4 Å². The van der Waals surface area contributed by atoms with Gasteiger partial charge in [-0.2, -0.15) is 11.8 Å². The van der Waals surface area contributed by atoms with Gasteiger partial charge in [-0.25, -0.2) is 4.79 Å². The van der Waals surface area contributed by atoms with E-state index < -0.39 is 0 Å². The molecule has 0 amide bonds. The monoisotopic (exact) mass is 344 g/mol. The van der Waals surface area contributed by atoms with E-state index in [0.717, 1.165) is 5.56 Å². The number of thioether (sulfide) groups is 1. The topological polar surface area (TPSA) is 63.6 Å². The van der Waals surface area contributed by atoms with E-state index in [4.69, 9.17) is 9.84 Å². The van der Waals surface area contributed by atoms with Crippen LogP contribution in [-0.2, 0) is 4.74 Å². The van der Waals surface area contributed by atoms with Crippen molar-refractivity contribution in [2.45, 2.75) is 11.7 Å². The summed E-state index contributed by atoms with van der Waals surface area (Å²) in [6.45, 7) is 0.0565. The van der Waals surface area contributed by atoms with Crippen LogP contribution in [-0.4, -0.2) is 36.3 Å². The standard InChI is InChI=1S/C19H20O4S/c1-23-19(22)16-9-7-15(8-10-16)18(24-12-11-20)13-17(21)14-5-3-2-4-6-14/h2-10,18,20H,11-13H2,1H3. The molecular formula is C19H20O4S. The summed E-state index contributed by atoms with van der Waals surface area (Å²) in [4.78, 5) is 24.0. The molecular weight excluding hydrogens is 324 g/mol. The average molecular weight is 344 g/mol. The number of aliphatic hydroxyl groups excluding tert-OH is 1. The fourth-order valence-electron chi connectivity index (χ4n) is 2.33. The fourth-order valence-corrected chi connectivity index (χ4v) is 3.34. The first-order valence-corrected chi connectivity index (χ1v) is 8.69. The number of esters is 1. The van der Waals surface area contributed by atoms with Crippen molar-refractivity contribution >= 4 is 23.5 Å². The summed E-state index contributed by atoms with van der Waals surface area (Å²) < 4.78 is 4.69. The molecule has 0 aromatic heterocycles. The molecule has 1 atom stereocenters. The predicted molar refractivity (Wildman–Crippen MR) is 95.5 cm³/mol. The summed E-state index contributed by atoms with van der Waals surface area (Å²) in [5.74, 6) is 0.218. The molecule has 0 aliphatic carbocycles. The Morgan fingerprint density at radius 2 is 1.71 bits per heavy atom. The van der Waals surface area contributed by atoms with Gasteiger partial charge in [-0.15, -0.1) is 0 Å². The van der Waals surface area contributed by atoms with Crippen molar-refractivity contribution in [3.05, 3.63) is 71.3 Å². The summed E-state index contributed by atoms with van der Waals surface area (Å²) in [7, 11) is 1.34. The van der Waals surface area contributed by atoms with Gasteiger partial charge < -0.3 is 9.84 Å². The zero-order valence-electron chi connectivity index (χ0n) is 13.5. The first-order chi connectivity index (χ1) is 11.7. The molecule has 24 heavy (non-hydrogen) atoms. The Hall–Kier alpha value is -2.11. The van der Waals surface area contributed by atoms with E-state index in [-0.39, 0.29) is 23.6 Å². The van der Waals surface area contributed by atoms with Crippen LogP contribution in [0.1, 0.15) is 38.0 Å². The van der Waals surface area contributed by atoms with Crippen LogP contribution in [0, 0.1) is 0 Å². The van der Waals surface area contributed by atoms with Crippen LogP contribution in [0.2, 0.25) is 0 Å². The second-order valence-corrected chi connectivity index (χ2v) is 6.50. The number of methoxy groups -OCH3 is 1. The van der Waals surface area contributed by atoms with E-state index in [9.17, 15) is 9.59 Å². The average Bonchev–Trinajstić information content (AvgIpc) is 2.65. The highest BCUT2D eigenvalue weighted by atomic mass is 32.2. The number of hydrogen-bond acceptors (Lipinski definition) is 5. The Kier molecular flexibility index (Phi) is 7.03. The van der Waals surface area contributed by atoms with Gasteiger partial charge in [0.15, 0.2) is 5.78 Å². The van der Waals surface area contributed by atoms with Crippen LogP contribution in [0.25, 0.3) is 0 Å². The number of carbonyl (C=O) groups excluding carboxylic acids is 2. The molecule has 1 N–H and O–H groups in total. The van der Waals surface area contributed by atoms with Crippen LogP contribution in [0.5, 0.6) is 0 Å². The van der Waals surface area contributed by atoms with Gasteiger partial charge in [-0.05, 0) is 17.7 Å². The third-order valence-corrected chi connectivity index (χ3v) is 4.84. The van der Waals surface area contributed by atoms with E-state index >= 15 is 0 Å². The normalized spacial score (nSPS) is 11.8. The second-order valence-electron chi connectivity index (χ2n) is 5.19. The molecule has 0 radical (unpaired) electrons. The predicted octanol–water partition coefficient (Wildman–Crippen LogP) is 3.51. The highest BCUT2D eigenvalue weighted by Gasteiger charge is 2.18. The van der Waals surface area contributed by atoms with Gasteiger partial charge in [-0.3, -0.25) is 4.79 Å². The minimum absolute atomic E-state index is 0.0565. The molecule has 0 heterocycles. The van der Waals surface area contributed by atoms with Crippen molar-refractivity contribution in [2.24, 2.45) is 0 Å². The van der Waals surface area contributed by atoms with Gasteiger partial charge in [-0.1, -0.05) is 42.5 Å². The second kappa shape index (κ2) is 9.25. The number of carbonyl (C=O) groups is 2. The Morgan fingerprint density at radius 3 is 2.29 bits per heavy atom. The molecule has 0 bridgehead atoms. The minimum Gasteiger partial charge on any atom is -0.465 e. The quantitative estimate of drug-likeness (QED) is 0.586. The van der Waals surface area contributed by atoms with Crippen LogP contribution < -0.4 is 0 Å². The molecule has 0 saturated heterocycles. The molecule has 2 rings (SSSR count). The third-order valence-electron chi connectivity index (χ3n) is 3.58. The van der Waals surface area contributed by atoms with Crippen LogP contribution in [0.15, 0.2) is 54.6 Å². The van der Waals surface area contributed by atoms with E-state index in [1.54, 1.807) is 24.3 Å². The molecule has 0 aliphatic rings.